The van der Waals surface area contributed by atoms with Crippen LogP contribution in [0.15, 0.2) is 36.5 Å². The van der Waals surface area contributed by atoms with Gasteiger partial charge in [-0.2, -0.15) is 0 Å². The van der Waals surface area contributed by atoms with Crippen LogP contribution in [0, 0.1) is 18.8 Å². The van der Waals surface area contributed by atoms with E-state index in [4.69, 9.17) is 0 Å². The number of rotatable bonds is 3. The van der Waals surface area contributed by atoms with Gasteiger partial charge in [0.2, 0.25) is 0 Å². The Kier molecular flexibility index (Phi) is 4.68. The molecule has 0 bridgehead atoms. The minimum atomic E-state index is -0.863. The molecule has 5 rings (SSSR count). The number of H-pyrrole nitrogens is 1. The molecule has 2 aromatic heterocycles. The smallest absolute Gasteiger partial charge is 0.407 e. The number of hydrogen-bond donors (Lipinski definition) is 2. The Labute approximate surface area is 180 Å². The first-order valence-corrected chi connectivity index (χ1v) is 10.8. The molecule has 31 heavy (non-hydrogen) atoms. The number of hydrogen-bond acceptors (Lipinski definition) is 3. The van der Waals surface area contributed by atoms with Gasteiger partial charge in [-0.15, -0.1) is 0 Å². The standard InChI is InChI=1S/C24H26N4O3/c1-3-19-20-9-16(4-5-21(20)26-22(19)15-6-7-25-14(2)8-15)23(29)27-10-17-12-28(24(30)31)13-18(17)11-27/h4-9,17-18,26H,3,10-13H2,1-2H3,(H,30,31). The molecule has 160 valence electrons. The van der Waals surface area contributed by atoms with Gasteiger partial charge in [0.05, 0.1) is 0 Å². The van der Waals surface area contributed by atoms with Gasteiger partial charge in [-0.1, -0.05) is 6.92 Å². The number of aryl methyl sites for hydroxylation is 2. The number of carbonyl (C=O) groups excluding carboxylic acids is 1. The van der Waals surface area contributed by atoms with E-state index in [1.807, 2.05) is 42.3 Å². The average Bonchev–Trinajstić information content (AvgIpc) is 3.43. The molecule has 0 saturated carbocycles. The minimum absolute atomic E-state index is 0.0303. The molecule has 7 nitrogen and oxygen atoms in total. The van der Waals surface area contributed by atoms with Crippen molar-refractivity contribution in [1.29, 1.82) is 0 Å². The van der Waals surface area contributed by atoms with Crippen LogP contribution in [-0.2, 0) is 6.42 Å². The molecule has 0 aliphatic carbocycles. The molecule has 1 aromatic carbocycles. The fraction of sp³-hybridized carbons (Fsp3) is 0.375. The zero-order valence-electron chi connectivity index (χ0n) is 17.8. The first-order valence-electron chi connectivity index (χ1n) is 10.8. The average molecular weight is 418 g/mol. The molecule has 2 atom stereocenters. The van der Waals surface area contributed by atoms with Gasteiger partial charge in [0, 0.05) is 77.6 Å². The van der Waals surface area contributed by atoms with Crippen molar-refractivity contribution in [3.8, 4) is 11.3 Å². The van der Waals surface area contributed by atoms with Gasteiger partial charge in [-0.25, -0.2) is 4.79 Å². The first-order chi connectivity index (χ1) is 14.9. The summed E-state index contributed by atoms with van der Waals surface area (Å²) >= 11 is 0. The predicted molar refractivity (Wildman–Crippen MR) is 118 cm³/mol. The SMILES string of the molecule is CCc1c(-c2ccnc(C)c2)[nH]c2ccc(C(=O)N3CC4CN(C(=O)O)CC4C3)cc12. The summed E-state index contributed by atoms with van der Waals surface area (Å²) in [7, 11) is 0. The van der Waals surface area contributed by atoms with Crippen LogP contribution in [0.25, 0.3) is 22.2 Å². The minimum Gasteiger partial charge on any atom is -0.465 e. The van der Waals surface area contributed by atoms with Crippen LogP contribution in [0.5, 0.6) is 0 Å². The molecule has 3 aromatic rings. The lowest BCUT2D eigenvalue weighted by Crippen LogP contribution is -2.35. The Morgan fingerprint density at radius 1 is 1.10 bits per heavy atom. The molecular weight excluding hydrogens is 392 g/mol. The molecule has 2 amide bonds. The number of pyridine rings is 1. The van der Waals surface area contributed by atoms with Crippen molar-refractivity contribution in [2.75, 3.05) is 26.2 Å². The van der Waals surface area contributed by atoms with Crippen LogP contribution in [0.3, 0.4) is 0 Å². The molecule has 2 N–H and O–H groups in total. The zero-order chi connectivity index (χ0) is 21.7. The normalized spacial score (nSPS) is 20.5. The maximum absolute atomic E-state index is 13.2. The number of amides is 2. The van der Waals surface area contributed by atoms with E-state index in [9.17, 15) is 14.7 Å². The van der Waals surface area contributed by atoms with Gasteiger partial charge in [-0.05, 0) is 49.2 Å². The number of fused-ring (bicyclic) bond motifs is 2. The monoisotopic (exact) mass is 418 g/mol. The summed E-state index contributed by atoms with van der Waals surface area (Å²) in [6.07, 6.45) is 1.81. The van der Waals surface area contributed by atoms with Crippen LogP contribution < -0.4 is 0 Å². The summed E-state index contributed by atoms with van der Waals surface area (Å²) < 4.78 is 0. The highest BCUT2D eigenvalue weighted by Crippen LogP contribution is 2.34. The highest BCUT2D eigenvalue weighted by Gasteiger charge is 2.43. The summed E-state index contributed by atoms with van der Waals surface area (Å²) in [5.74, 6) is 0.510. The lowest BCUT2D eigenvalue weighted by molar-refractivity contribution is 0.0774. The lowest BCUT2D eigenvalue weighted by Gasteiger charge is -2.20. The summed E-state index contributed by atoms with van der Waals surface area (Å²) in [6, 6.07) is 9.95. The van der Waals surface area contributed by atoms with Gasteiger partial charge >= 0.3 is 6.09 Å². The van der Waals surface area contributed by atoms with Gasteiger partial charge < -0.3 is 19.9 Å². The molecular formula is C24H26N4O3. The molecule has 2 aliphatic rings. The third kappa shape index (κ3) is 3.34. The number of carboxylic acid groups (broad SMARTS) is 1. The van der Waals surface area contributed by atoms with Crippen LogP contribution >= 0.6 is 0 Å². The predicted octanol–water partition coefficient (Wildman–Crippen LogP) is 3.78. The molecule has 2 unspecified atom stereocenters. The molecule has 2 saturated heterocycles. The highest BCUT2D eigenvalue weighted by molar-refractivity contribution is 6.00. The molecule has 2 fully saturated rings. The number of likely N-dealkylation sites (tertiary alicyclic amines) is 2. The van der Waals surface area contributed by atoms with Crippen LogP contribution in [-0.4, -0.2) is 63.1 Å². The fourth-order valence-electron chi connectivity index (χ4n) is 5.19. The highest BCUT2D eigenvalue weighted by atomic mass is 16.4. The summed E-state index contributed by atoms with van der Waals surface area (Å²) in [5.41, 5.74) is 6.06. The summed E-state index contributed by atoms with van der Waals surface area (Å²) in [5, 5.41) is 10.3. The third-order valence-corrected chi connectivity index (χ3v) is 6.74. The Balaban J connectivity index is 1.43. The number of nitrogens with one attached hydrogen (secondary N) is 1. The van der Waals surface area contributed by atoms with E-state index < -0.39 is 6.09 Å². The van der Waals surface area contributed by atoms with E-state index in [2.05, 4.69) is 23.0 Å². The number of aromatic nitrogens is 2. The topological polar surface area (TPSA) is 89.5 Å². The molecule has 2 aliphatic heterocycles. The summed E-state index contributed by atoms with van der Waals surface area (Å²) in [4.78, 5) is 35.6. The van der Waals surface area contributed by atoms with Crippen molar-refractivity contribution >= 4 is 22.9 Å². The second kappa shape index (κ2) is 7.41. The fourth-order valence-corrected chi connectivity index (χ4v) is 5.19. The van der Waals surface area contributed by atoms with Crippen LogP contribution in [0.4, 0.5) is 4.79 Å². The van der Waals surface area contributed by atoms with Gasteiger partial charge in [-0.3, -0.25) is 9.78 Å². The Morgan fingerprint density at radius 3 is 2.45 bits per heavy atom. The van der Waals surface area contributed by atoms with Crippen molar-refractivity contribution in [3.05, 3.63) is 53.3 Å². The van der Waals surface area contributed by atoms with Crippen LogP contribution in [0.1, 0.15) is 28.5 Å². The maximum Gasteiger partial charge on any atom is 0.407 e. The third-order valence-electron chi connectivity index (χ3n) is 6.74. The Hall–Kier alpha value is -3.35. The number of aromatic amines is 1. The van der Waals surface area contributed by atoms with Crippen molar-refractivity contribution in [2.24, 2.45) is 11.8 Å². The van der Waals surface area contributed by atoms with E-state index in [1.54, 1.807) is 0 Å². The largest absolute Gasteiger partial charge is 0.465 e. The van der Waals surface area contributed by atoms with Crippen molar-refractivity contribution in [3.63, 3.8) is 0 Å². The number of nitrogens with zero attached hydrogens (tertiary/aromatic N) is 3. The van der Waals surface area contributed by atoms with E-state index in [0.29, 0.717) is 31.7 Å². The maximum atomic E-state index is 13.2. The number of carbonyl (C=O) groups is 2. The van der Waals surface area contributed by atoms with Crippen LogP contribution in [0.2, 0.25) is 0 Å². The lowest BCUT2D eigenvalue weighted by atomic mass is 10.0. The first kappa shape index (κ1) is 19.6. The second-order valence-electron chi connectivity index (χ2n) is 8.70. The van der Waals surface area contributed by atoms with E-state index in [-0.39, 0.29) is 17.7 Å². The zero-order valence-corrected chi connectivity index (χ0v) is 17.8. The molecule has 0 radical (unpaired) electrons. The number of benzene rings is 1. The van der Waals surface area contributed by atoms with Crippen molar-refractivity contribution in [1.82, 2.24) is 19.8 Å². The van der Waals surface area contributed by atoms with Gasteiger partial charge in [0.1, 0.15) is 0 Å². The van der Waals surface area contributed by atoms with Gasteiger partial charge in [0.15, 0.2) is 0 Å². The summed E-state index contributed by atoms with van der Waals surface area (Å²) in [6.45, 7) is 6.41. The molecule has 7 heteroatoms. The van der Waals surface area contributed by atoms with E-state index >= 15 is 0 Å². The van der Waals surface area contributed by atoms with E-state index in [0.717, 1.165) is 34.3 Å². The van der Waals surface area contributed by atoms with Crippen molar-refractivity contribution < 1.29 is 14.7 Å². The Bertz CT molecular complexity index is 1170. The van der Waals surface area contributed by atoms with Crippen molar-refractivity contribution in [2.45, 2.75) is 20.3 Å². The molecule has 0 spiro atoms. The Morgan fingerprint density at radius 2 is 1.81 bits per heavy atom. The van der Waals surface area contributed by atoms with Gasteiger partial charge in [0.25, 0.3) is 5.91 Å². The quantitative estimate of drug-likeness (QED) is 0.677. The van der Waals surface area contributed by atoms with E-state index in [1.165, 1.54) is 10.5 Å². The molecule has 4 heterocycles. The second-order valence-corrected chi connectivity index (χ2v) is 8.70.